The van der Waals surface area contributed by atoms with Crippen LogP contribution in [0, 0.1) is 16.7 Å². The predicted octanol–water partition coefficient (Wildman–Crippen LogP) is 2.53. The van der Waals surface area contributed by atoms with Gasteiger partial charge >= 0.3 is 0 Å². The quantitative estimate of drug-likeness (QED) is 0.781. The van der Waals surface area contributed by atoms with Gasteiger partial charge in [0.05, 0.1) is 11.4 Å². The van der Waals surface area contributed by atoms with Crippen LogP contribution in [0.5, 0.6) is 0 Å². The highest BCUT2D eigenvalue weighted by Crippen LogP contribution is 2.66. The molecule has 19 heavy (non-hydrogen) atoms. The maximum atomic E-state index is 12.1. The van der Waals surface area contributed by atoms with Gasteiger partial charge in [0.1, 0.15) is 0 Å². The SMILES string of the molecule is CC12CC3CC(C)(C1)CC(NC(=O)CC(N)=S)(C3)C2. The molecule has 4 aliphatic rings. The number of nitrogens with two attached hydrogens (primary N) is 1. The molecular weight excluding hydrogens is 256 g/mol. The summed E-state index contributed by atoms with van der Waals surface area (Å²) in [7, 11) is 0. The van der Waals surface area contributed by atoms with E-state index in [1.165, 1.54) is 19.3 Å². The average molecular weight is 280 g/mol. The van der Waals surface area contributed by atoms with E-state index in [-0.39, 0.29) is 17.9 Å². The van der Waals surface area contributed by atoms with Crippen LogP contribution in [0.2, 0.25) is 0 Å². The largest absolute Gasteiger partial charge is 0.393 e. The van der Waals surface area contributed by atoms with Crippen molar-refractivity contribution in [2.45, 2.75) is 64.3 Å². The lowest BCUT2D eigenvalue weighted by Crippen LogP contribution is -2.65. The number of hydrogen-bond acceptors (Lipinski definition) is 2. The molecule has 0 radical (unpaired) electrons. The van der Waals surface area contributed by atoms with Gasteiger partial charge in [-0.15, -0.1) is 0 Å². The highest BCUT2D eigenvalue weighted by Gasteiger charge is 2.60. The molecule has 4 heteroatoms. The Morgan fingerprint density at radius 2 is 1.79 bits per heavy atom. The molecule has 4 rings (SSSR count). The first-order chi connectivity index (χ1) is 8.72. The van der Waals surface area contributed by atoms with Crippen molar-refractivity contribution in [2.75, 3.05) is 0 Å². The van der Waals surface area contributed by atoms with Gasteiger partial charge in [-0.25, -0.2) is 0 Å². The van der Waals surface area contributed by atoms with Gasteiger partial charge in [0.15, 0.2) is 0 Å². The van der Waals surface area contributed by atoms with Crippen molar-refractivity contribution < 1.29 is 4.79 Å². The normalized spacial score (nSPS) is 47.2. The van der Waals surface area contributed by atoms with Gasteiger partial charge in [0, 0.05) is 5.54 Å². The molecule has 1 amide bonds. The molecule has 0 aromatic carbocycles. The fourth-order valence-corrected chi connectivity index (χ4v) is 6.22. The highest BCUT2D eigenvalue weighted by molar-refractivity contribution is 7.80. The van der Waals surface area contributed by atoms with Gasteiger partial charge in [-0.2, -0.15) is 0 Å². The molecule has 0 heterocycles. The fourth-order valence-electron chi connectivity index (χ4n) is 6.09. The smallest absolute Gasteiger partial charge is 0.227 e. The van der Waals surface area contributed by atoms with E-state index in [0.717, 1.165) is 25.2 Å². The van der Waals surface area contributed by atoms with E-state index in [1.54, 1.807) is 0 Å². The average Bonchev–Trinajstić information content (AvgIpc) is 2.06. The summed E-state index contributed by atoms with van der Waals surface area (Å²) in [5, 5.41) is 3.30. The Hall–Kier alpha value is -0.640. The van der Waals surface area contributed by atoms with Crippen LogP contribution in [-0.2, 0) is 4.79 Å². The summed E-state index contributed by atoms with van der Waals surface area (Å²) in [6.07, 6.45) is 7.62. The van der Waals surface area contributed by atoms with E-state index in [9.17, 15) is 4.79 Å². The molecule has 0 saturated heterocycles. The van der Waals surface area contributed by atoms with Crippen molar-refractivity contribution >= 4 is 23.1 Å². The molecule has 4 bridgehead atoms. The summed E-state index contributed by atoms with van der Waals surface area (Å²) < 4.78 is 0. The van der Waals surface area contributed by atoms with Crippen molar-refractivity contribution in [1.82, 2.24) is 5.32 Å². The van der Waals surface area contributed by atoms with E-state index in [2.05, 4.69) is 19.2 Å². The van der Waals surface area contributed by atoms with Crippen molar-refractivity contribution in [3.8, 4) is 0 Å². The molecule has 0 aromatic rings. The van der Waals surface area contributed by atoms with Crippen LogP contribution in [0.1, 0.15) is 58.8 Å². The van der Waals surface area contributed by atoms with Crippen LogP contribution in [0.3, 0.4) is 0 Å². The van der Waals surface area contributed by atoms with Gasteiger partial charge in [-0.05, 0) is 55.3 Å². The first-order valence-corrected chi connectivity index (χ1v) is 7.72. The summed E-state index contributed by atoms with van der Waals surface area (Å²) in [5.74, 6) is 0.804. The zero-order valence-electron chi connectivity index (χ0n) is 11.9. The third-order valence-electron chi connectivity index (χ3n) is 5.37. The third kappa shape index (κ3) is 2.39. The standard InChI is InChI=1S/C15H24N2OS/c1-13-4-10-5-14(2,7-13)9-15(6-10,8-13)17-12(18)3-11(16)19/h10H,3-9H2,1-2H3,(H2,16,19)(H,17,18). The number of carbonyl (C=O) groups is 1. The molecule has 4 saturated carbocycles. The first-order valence-electron chi connectivity index (χ1n) is 7.31. The molecule has 106 valence electrons. The topological polar surface area (TPSA) is 55.1 Å². The molecule has 0 aliphatic heterocycles. The second-order valence-electron chi connectivity index (χ2n) is 8.10. The number of rotatable bonds is 3. The summed E-state index contributed by atoms with van der Waals surface area (Å²) in [6, 6.07) is 0. The van der Waals surface area contributed by atoms with Crippen molar-refractivity contribution in [1.29, 1.82) is 0 Å². The Kier molecular flexibility index (Phi) is 2.76. The highest BCUT2D eigenvalue weighted by atomic mass is 32.1. The minimum Gasteiger partial charge on any atom is -0.393 e. The van der Waals surface area contributed by atoms with E-state index >= 15 is 0 Å². The number of thiocarbonyl (C=S) groups is 1. The zero-order chi connectivity index (χ0) is 13.9. The first kappa shape index (κ1) is 13.3. The Balaban J connectivity index is 1.81. The zero-order valence-corrected chi connectivity index (χ0v) is 12.7. The molecule has 0 aromatic heterocycles. The molecule has 3 nitrogen and oxygen atoms in total. The fraction of sp³-hybridized carbons (Fsp3) is 0.867. The lowest BCUT2D eigenvalue weighted by molar-refractivity contribution is -0.138. The predicted molar refractivity (Wildman–Crippen MR) is 79.7 cm³/mol. The monoisotopic (exact) mass is 280 g/mol. The minimum absolute atomic E-state index is 0.0154. The van der Waals surface area contributed by atoms with E-state index < -0.39 is 0 Å². The van der Waals surface area contributed by atoms with E-state index in [0.29, 0.717) is 15.8 Å². The second-order valence-corrected chi connectivity index (χ2v) is 8.63. The Bertz CT molecular complexity index is 429. The van der Waals surface area contributed by atoms with Crippen molar-refractivity contribution in [3.05, 3.63) is 0 Å². The lowest BCUT2D eigenvalue weighted by Gasteiger charge is -2.65. The number of carbonyl (C=O) groups excluding carboxylic acids is 1. The molecular formula is C15H24N2OS. The van der Waals surface area contributed by atoms with E-state index in [4.69, 9.17) is 18.0 Å². The van der Waals surface area contributed by atoms with Crippen LogP contribution in [0.4, 0.5) is 0 Å². The van der Waals surface area contributed by atoms with Crippen LogP contribution >= 0.6 is 12.2 Å². The summed E-state index contributed by atoms with van der Waals surface area (Å²) in [6.45, 7) is 4.81. The number of hydrogen-bond donors (Lipinski definition) is 2. The molecule has 3 N–H and O–H groups in total. The molecule has 4 aliphatic carbocycles. The van der Waals surface area contributed by atoms with Gasteiger partial charge < -0.3 is 11.1 Å². The maximum absolute atomic E-state index is 12.1. The molecule has 4 fully saturated rings. The van der Waals surface area contributed by atoms with Crippen molar-refractivity contribution in [2.24, 2.45) is 22.5 Å². The maximum Gasteiger partial charge on any atom is 0.227 e. The number of amides is 1. The molecule has 0 spiro atoms. The summed E-state index contributed by atoms with van der Waals surface area (Å²) in [4.78, 5) is 12.4. The van der Waals surface area contributed by atoms with Gasteiger partial charge in [0.2, 0.25) is 5.91 Å². The van der Waals surface area contributed by atoms with Crippen molar-refractivity contribution in [3.63, 3.8) is 0 Å². The van der Waals surface area contributed by atoms with Gasteiger partial charge in [0.25, 0.3) is 0 Å². The molecule has 2 atom stereocenters. The van der Waals surface area contributed by atoms with Crippen LogP contribution in [-0.4, -0.2) is 16.4 Å². The van der Waals surface area contributed by atoms with Crippen LogP contribution in [0.15, 0.2) is 0 Å². The van der Waals surface area contributed by atoms with E-state index in [1.807, 2.05) is 0 Å². The Morgan fingerprint density at radius 3 is 2.26 bits per heavy atom. The van der Waals surface area contributed by atoms with Gasteiger partial charge in [-0.1, -0.05) is 26.1 Å². The number of nitrogens with one attached hydrogen (secondary N) is 1. The van der Waals surface area contributed by atoms with Crippen LogP contribution in [0.25, 0.3) is 0 Å². The minimum atomic E-state index is 0.0154. The second kappa shape index (κ2) is 3.94. The Labute approximate surface area is 120 Å². The molecule has 2 unspecified atom stereocenters. The Morgan fingerprint density at radius 1 is 1.21 bits per heavy atom. The van der Waals surface area contributed by atoms with Crippen LogP contribution < -0.4 is 11.1 Å². The van der Waals surface area contributed by atoms with Gasteiger partial charge in [-0.3, -0.25) is 4.79 Å². The summed E-state index contributed by atoms with van der Waals surface area (Å²) >= 11 is 4.84. The lowest BCUT2D eigenvalue weighted by atomic mass is 9.43. The summed E-state index contributed by atoms with van der Waals surface area (Å²) in [5.41, 5.74) is 6.34. The third-order valence-corrected chi connectivity index (χ3v) is 5.51.